The summed E-state index contributed by atoms with van der Waals surface area (Å²) in [6, 6.07) is 0. The van der Waals surface area contributed by atoms with Gasteiger partial charge in [-0.2, -0.15) is 4.98 Å². The van der Waals surface area contributed by atoms with E-state index in [2.05, 4.69) is 22.0 Å². The molecule has 2 N–H and O–H groups in total. The largest absolute Gasteiger partial charge is 0.339 e. The highest BCUT2D eigenvalue weighted by Gasteiger charge is 2.11. The van der Waals surface area contributed by atoms with Gasteiger partial charge in [-0.15, -0.1) is 11.3 Å². The van der Waals surface area contributed by atoms with Crippen LogP contribution in [0.3, 0.4) is 0 Å². The van der Waals surface area contributed by atoms with Gasteiger partial charge in [0.1, 0.15) is 5.69 Å². The fourth-order valence-electron chi connectivity index (χ4n) is 1.58. The SMILES string of the molecule is CC(CCN)CCc1nc(-c2cscn2)no1. The Balaban J connectivity index is 1.91. The normalized spacial score (nSPS) is 12.8. The number of hydrogen-bond acceptors (Lipinski definition) is 6. The van der Waals surface area contributed by atoms with Gasteiger partial charge in [0.25, 0.3) is 0 Å². The van der Waals surface area contributed by atoms with Crippen LogP contribution in [0.25, 0.3) is 11.5 Å². The Morgan fingerprint density at radius 1 is 1.47 bits per heavy atom. The molecular formula is C11H16N4OS. The van der Waals surface area contributed by atoms with Crippen LogP contribution in [0.4, 0.5) is 0 Å². The van der Waals surface area contributed by atoms with Crippen molar-refractivity contribution in [2.45, 2.75) is 26.2 Å². The number of aryl methyl sites for hydroxylation is 1. The van der Waals surface area contributed by atoms with Crippen LogP contribution < -0.4 is 5.73 Å². The number of thiazole rings is 1. The zero-order valence-corrected chi connectivity index (χ0v) is 10.6. The Bertz CT molecular complexity index is 440. The third-order valence-electron chi connectivity index (χ3n) is 2.64. The van der Waals surface area contributed by atoms with Crippen LogP contribution in [0.2, 0.25) is 0 Å². The van der Waals surface area contributed by atoms with E-state index in [0.29, 0.717) is 17.6 Å². The van der Waals surface area contributed by atoms with Gasteiger partial charge in [0.2, 0.25) is 11.7 Å². The lowest BCUT2D eigenvalue weighted by Crippen LogP contribution is -2.06. The Morgan fingerprint density at radius 3 is 3.06 bits per heavy atom. The van der Waals surface area contributed by atoms with Gasteiger partial charge in [-0.05, 0) is 25.3 Å². The standard InChI is InChI=1S/C11H16N4OS/c1-8(4-5-12)2-3-10-14-11(15-16-10)9-6-17-7-13-9/h6-8H,2-5,12H2,1H3. The topological polar surface area (TPSA) is 77.8 Å². The van der Waals surface area contributed by atoms with Crippen molar-refractivity contribution >= 4 is 11.3 Å². The molecule has 1 atom stereocenters. The first-order chi connectivity index (χ1) is 8.29. The summed E-state index contributed by atoms with van der Waals surface area (Å²) in [5, 5.41) is 5.82. The maximum atomic E-state index is 5.51. The van der Waals surface area contributed by atoms with Gasteiger partial charge in [0.05, 0.1) is 5.51 Å². The van der Waals surface area contributed by atoms with E-state index in [9.17, 15) is 0 Å². The van der Waals surface area contributed by atoms with Crippen LogP contribution in [-0.4, -0.2) is 21.7 Å². The van der Waals surface area contributed by atoms with Crippen LogP contribution in [0.5, 0.6) is 0 Å². The fraction of sp³-hybridized carbons (Fsp3) is 0.545. The molecule has 2 aromatic heterocycles. The first kappa shape index (κ1) is 12.2. The number of hydrogen-bond donors (Lipinski definition) is 1. The highest BCUT2D eigenvalue weighted by Crippen LogP contribution is 2.17. The van der Waals surface area contributed by atoms with E-state index >= 15 is 0 Å². The van der Waals surface area contributed by atoms with Crippen LogP contribution in [0, 0.1) is 5.92 Å². The molecule has 0 saturated heterocycles. The molecule has 0 spiro atoms. The van der Waals surface area contributed by atoms with E-state index in [4.69, 9.17) is 10.3 Å². The molecule has 0 radical (unpaired) electrons. The molecule has 0 saturated carbocycles. The number of rotatable bonds is 6. The first-order valence-corrected chi connectivity index (χ1v) is 6.65. The predicted octanol–water partition coefficient (Wildman–Crippen LogP) is 2.11. The summed E-state index contributed by atoms with van der Waals surface area (Å²) >= 11 is 1.52. The number of aromatic nitrogens is 3. The Kier molecular flexibility index (Phi) is 4.22. The van der Waals surface area contributed by atoms with Crippen LogP contribution in [0.15, 0.2) is 15.4 Å². The lowest BCUT2D eigenvalue weighted by Gasteiger charge is -2.06. The van der Waals surface area contributed by atoms with Crippen LogP contribution in [0.1, 0.15) is 25.7 Å². The maximum Gasteiger partial charge on any atom is 0.227 e. The van der Waals surface area contributed by atoms with Crippen molar-refractivity contribution < 1.29 is 4.52 Å². The molecule has 5 nitrogen and oxygen atoms in total. The Hall–Kier alpha value is -1.27. The van der Waals surface area contributed by atoms with Crippen molar-refractivity contribution in [2.24, 2.45) is 11.7 Å². The fourth-order valence-corrected chi connectivity index (χ4v) is 2.11. The predicted molar refractivity (Wildman–Crippen MR) is 66.6 cm³/mol. The maximum absolute atomic E-state index is 5.51. The van der Waals surface area contributed by atoms with Gasteiger partial charge in [0, 0.05) is 11.8 Å². The molecule has 2 aromatic rings. The molecular weight excluding hydrogens is 236 g/mol. The molecule has 6 heteroatoms. The van der Waals surface area contributed by atoms with Gasteiger partial charge in [-0.25, -0.2) is 4.98 Å². The van der Waals surface area contributed by atoms with Gasteiger partial charge >= 0.3 is 0 Å². The molecule has 0 fully saturated rings. The Labute approximate surface area is 104 Å². The highest BCUT2D eigenvalue weighted by molar-refractivity contribution is 7.07. The second-order valence-corrected chi connectivity index (χ2v) is 4.83. The lowest BCUT2D eigenvalue weighted by atomic mass is 10.0. The molecule has 0 aliphatic heterocycles. The highest BCUT2D eigenvalue weighted by atomic mass is 32.1. The third-order valence-corrected chi connectivity index (χ3v) is 3.23. The van der Waals surface area contributed by atoms with E-state index in [-0.39, 0.29) is 0 Å². The molecule has 0 aliphatic rings. The zero-order chi connectivity index (χ0) is 12.1. The lowest BCUT2D eigenvalue weighted by molar-refractivity contribution is 0.362. The van der Waals surface area contributed by atoms with Gasteiger partial charge < -0.3 is 10.3 Å². The molecule has 2 rings (SSSR count). The summed E-state index contributed by atoms with van der Waals surface area (Å²) in [6.45, 7) is 2.92. The molecule has 1 unspecified atom stereocenters. The minimum atomic E-state index is 0.577. The van der Waals surface area contributed by atoms with E-state index in [1.165, 1.54) is 11.3 Å². The van der Waals surface area contributed by atoms with Gasteiger partial charge in [-0.3, -0.25) is 0 Å². The van der Waals surface area contributed by atoms with E-state index in [1.54, 1.807) is 5.51 Å². The monoisotopic (exact) mass is 252 g/mol. The van der Waals surface area contributed by atoms with E-state index < -0.39 is 0 Å². The summed E-state index contributed by atoms with van der Waals surface area (Å²) in [4.78, 5) is 8.46. The minimum Gasteiger partial charge on any atom is -0.339 e. The number of nitrogens with zero attached hydrogens (tertiary/aromatic N) is 3. The van der Waals surface area contributed by atoms with Crippen molar-refractivity contribution in [1.29, 1.82) is 0 Å². The zero-order valence-electron chi connectivity index (χ0n) is 9.80. The smallest absolute Gasteiger partial charge is 0.227 e. The average molecular weight is 252 g/mol. The van der Waals surface area contributed by atoms with Gasteiger partial charge in [-0.1, -0.05) is 12.1 Å². The molecule has 0 amide bonds. The van der Waals surface area contributed by atoms with Crippen molar-refractivity contribution in [2.75, 3.05) is 6.54 Å². The van der Waals surface area contributed by atoms with E-state index in [0.717, 1.165) is 31.5 Å². The summed E-state index contributed by atoms with van der Waals surface area (Å²) in [5.74, 6) is 1.85. The molecule has 0 bridgehead atoms. The molecule has 2 heterocycles. The van der Waals surface area contributed by atoms with Crippen molar-refractivity contribution in [3.8, 4) is 11.5 Å². The summed E-state index contributed by atoms with van der Waals surface area (Å²) in [7, 11) is 0. The van der Waals surface area contributed by atoms with Crippen LogP contribution >= 0.6 is 11.3 Å². The quantitative estimate of drug-likeness (QED) is 0.852. The van der Waals surface area contributed by atoms with Crippen molar-refractivity contribution in [1.82, 2.24) is 15.1 Å². The van der Waals surface area contributed by atoms with Crippen molar-refractivity contribution in [3.63, 3.8) is 0 Å². The summed E-state index contributed by atoms with van der Waals surface area (Å²) < 4.78 is 5.19. The summed E-state index contributed by atoms with van der Waals surface area (Å²) in [6.07, 6.45) is 2.86. The minimum absolute atomic E-state index is 0.577. The van der Waals surface area contributed by atoms with E-state index in [1.807, 2.05) is 5.38 Å². The summed E-state index contributed by atoms with van der Waals surface area (Å²) in [5.41, 5.74) is 8.04. The van der Waals surface area contributed by atoms with Crippen LogP contribution in [-0.2, 0) is 6.42 Å². The van der Waals surface area contributed by atoms with Gasteiger partial charge in [0.15, 0.2) is 0 Å². The Morgan fingerprint density at radius 2 is 2.35 bits per heavy atom. The molecule has 0 aromatic carbocycles. The second-order valence-electron chi connectivity index (χ2n) is 4.11. The van der Waals surface area contributed by atoms with Crippen molar-refractivity contribution in [3.05, 3.63) is 16.8 Å². The average Bonchev–Trinajstić information content (AvgIpc) is 2.97. The molecule has 0 aliphatic carbocycles. The second kappa shape index (κ2) is 5.88. The molecule has 92 valence electrons. The molecule has 17 heavy (non-hydrogen) atoms. The first-order valence-electron chi connectivity index (χ1n) is 5.71. The number of nitrogens with two attached hydrogens (primary N) is 1. The third kappa shape index (κ3) is 3.34.